The molecule has 0 amide bonds. The molecule has 146 valence electrons. The zero-order chi connectivity index (χ0) is 19.4. The number of aromatic nitrogens is 2. The fraction of sp³-hybridized carbons (Fsp3) is 0.500. The van der Waals surface area contributed by atoms with Gasteiger partial charge in [-0.15, -0.1) is 0 Å². The Morgan fingerprint density at radius 2 is 2.11 bits per heavy atom. The number of nitrogens with two attached hydrogens (primary N) is 1. The predicted molar refractivity (Wildman–Crippen MR) is 108 cm³/mol. The second kappa shape index (κ2) is 8.43. The van der Waals surface area contributed by atoms with Crippen molar-refractivity contribution in [2.75, 3.05) is 44.5 Å². The van der Waals surface area contributed by atoms with E-state index in [-0.39, 0.29) is 0 Å². The van der Waals surface area contributed by atoms with Crippen LogP contribution in [0.5, 0.6) is 11.5 Å². The van der Waals surface area contributed by atoms with E-state index in [0.29, 0.717) is 30.3 Å². The van der Waals surface area contributed by atoms with Crippen molar-refractivity contribution in [3.63, 3.8) is 0 Å². The first-order valence-electron chi connectivity index (χ1n) is 9.35. The fourth-order valence-corrected chi connectivity index (χ4v) is 3.30. The molecular weight excluding hydrogens is 342 g/mol. The summed E-state index contributed by atoms with van der Waals surface area (Å²) >= 11 is 0. The number of anilines is 3. The highest BCUT2D eigenvalue weighted by Crippen LogP contribution is 2.34. The Kier molecular flexibility index (Phi) is 6.01. The summed E-state index contributed by atoms with van der Waals surface area (Å²) in [4.78, 5) is 12.9. The summed E-state index contributed by atoms with van der Waals surface area (Å²) in [6.45, 7) is 7.38. The van der Waals surface area contributed by atoms with Gasteiger partial charge in [-0.2, -0.15) is 4.98 Å². The Hall–Kier alpha value is -2.54. The van der Waals surface area contributed by atoms with Crippen LogP contribution < -0.4 is 20.1 Å². The van der Waals surface area contributed by atoms with Gasteiger partial charge in [-0.25, -0.2) is 4.98 Å². The summed E-state index contributed by atoms with van der Waals surface area (Å²) < 4.78 is 11.6. The minimum Gasteiger partial charge on any atom is -0.493 e. The molecule has 1 unspecified atom stereocenters. The number of nitrogen functional groups attached to an aromatic ring is 1. The van der Waals surface area contributed by atoms with Crippen molar-refractivity contribution in [3.8, 4) is 11.5 Å². The highest BCUT2D eigenvalue weighted by molar-refractivity contribution is 5.62. The summed E-state index contributed by atoms with van der Waals surface area (Å²) in [5, 5.41) is 0. The molecule has 0 spiro atoms. The Morgan fingerprint density at radius 1 is 1.30 bits per heavy atom. The molecule has 3 rings (SSSR count). The number of nitrogens with zero attached hydrogens (tertiary/aromatic N) is 4. The quantitative estimate of drug-likeness (QED) is 0.802. The van der Waals surface area contributed by atoms with Gasteiger partial charge in [-0.1, -0.05) is 0 Å². The van der Waals surface area contributed by atoms with Crippen molar-refractivity contribution in [1.82, 2.24) is 14.9 Å². The lowest BCUT2D eigenvalue weighted by atomic mass is 10.1. The highest BCUT2D eigenvalue weighted by atomic mass is 16.5. The molecule has 2 N–H and O–H groups in total. The minimum absolute atomic E-state index is 0.438. The summed E-state index contributed by atoms with van der Waals surface area (Å²) in [6, 6.07) is 8.07. The Bertz CT molecular complexity index is 768. The number of methoxy groups -OCH3 is 1. The molecule has 1 saturated heterocycles. The molecule has 1 aliphatic rings. The van der Waals surface area contributed by atoms with Crippen LogP contribution in [0.25, 0.3) is 0 Å². The van der Waals surface area contributed by atoms with Gasteiger partial charge in [0, 0.05) is 43.5 Å². The van der Waals surface area contributed by atoms with E-state index in [1.165, 1.54) is 0 Å². The van der Waals surface area contributed by atoms with E-state index < -0.39 is 0 Å². The van der Waals surface area contributed by atoms with Crippen LogP contribution in [-0.2, 0) is 0 Å². The van der Waals surface area contributed by atoms with E-state index in [0.717, 1.165) is 36.7 Å². The molecule has 0 radical (unpaired) electrons. The molecule has 1 atom stereocenters. The van der Waals surface area contributed by atoms with E-state index in [1.807, 2.05) is 30.1 Å². The lowest BCUT2D eigenvalue weighted by Crippen LogP contribution is -2.29. The standard InChI is InChI=1S/C20H29N5O2/c1-14(2)25-10-8-15(12-25)13-27-18-11-16(5-6-17(18)26-4)24(3)20-22-9-7-19(21)23-20/h5-7,9,11,14-15H,8,10,12-13H2,1-4H3,(H2,21,22,23). The third-order valence-electron chi connectivity index (χ3n) is 5.02. The largest absolute Gasteiger partial charge is 0.493 e. The van der Waals surface area contributed by atoms with Crippen molar-refractivity contribution in [2.24, 2.45) is 5.92 Å². The molecule has 1 aromatic heterocycles. The molecular formula is C20H29N5O2. The minimum atomic E-state index is 0.438. The summed E-state index contributed by atoms with van der Waals surface area (Å²) in [5.41, 5.74) is 6.68. The maximum Gasteiger partial charge on any atom is 0.231 e. The van der Waals surface area contributed by atoms with Gasteiger partial charge in [0.05, 0.1) is 13.7 Å². The first kappa shape index (κ1) is 19.2. The van der Waals surface area contributed by atoms with Gasteiger partial charge < -0.3 is 25.0 Å². The lowest BCUT2D eigenvalue weighted by molar-refractivity contribution is 0.218. The third-order valence-corrected chi connectivity index (χ3v) is 5.02. The molecule has 2 heterocycles. The zero-order valence-corrected chi connectivity index (χ0v) is 16.6. The fourth-order valence-electron chi connectivity index (χ4n) is 3.30. The van der Waals surface area contributed by atoms with Crippen LogP contribution in [0.2, 0.25) is 0 Å². The summed E-state index contributed by atoms with van der Waals surface area (Å²) in [6.07, 6.45) is 2.81. The molecule has 0 bridgehead atoms. The SMILES string of the molecule is COc1ccc(N(C)c2nccc(N)n2)cc1OCC1CCN(C(C)C)C1. The number of hydrogen-bond acceptors (Lipinski definition) is 7. The van der Waals surface area contributed by atoms with Crippen LogP contribution in [0, 0.1) is 5.92 Å². The first-order chi connectivity index (χ1) is 13.0. The van der Waals surface area contributed by atoms with Crippen molar-refractivity contribution < 1.29 is 9.47 Å². The van der Waals surface area contributed by atoms with Gasteiger partial charge in [0.15, 0.2) is 11.5 Å². The van der Waals surface area contributed by atoms with Crippen LogP contribution in [0.1, 0.15) is 20.3 Å². The van der Waals surface area contributed by atoms with Gasteiger partial charge >= 0.3 is 0 Å². The summed E-state index contributed by atoms with van der Waals surface area (Å²) in [5.74, 6) is 2.96. The van der Waals surface area contributed by atoms with Crippen molar-refractivity contribution in [1.29, 1.82) is 0 Å². The van der Waals surface area contributed by atoms with Gasteiger partial charge in [-0.3, -0.25) is 0 Å². The van der Waals surface area contributed by atoms with Crippen LogP contribution in [-0.4, -0.2) is 54.8 Å². The summed E-state index contributed by atoms with van der Waals surface area (Å²) in [7, 11) is 3.56. The van der Waals surface area contributed by atoms with Crippen molar-refractivity contribution >= 4 is 17.5 Å². The first-order valence-corrected chi connectivity index (χ1v) is 9.35. The van der Waals surface area contributed by atoms with Crippen molar-refractivity contribution in [3.05, 3.63) is 30.5 Å². The lowest BCUT2D eigenvalue weighted by Gasteiger charge is -2.21. The van der Waals surface area contributed by atoms with E-state index in [1.54, 1.807) is 19.4 Å². The smallest absolute Gasteiger partial charge is 0.231 e. The van der Waals surface area contributed by atoms with Crippen molar-refractivity contribution in [2.45, 2.75) is 26.3 Å². The Morgan fingerprint density at radius 3 is 2.78 bits per heavy atom. The maximum absolute atomic E-state index is 6.15. The average molecular weight is 371 g/mol. The Labute approximate surface area is 161 Å². The van der Waals surface area contributed by atoms with Gasteiger partial charge in [0.25, 0.3) is 0 Å². The van der Waals surface area contributed by atoms with E-state index in [9.17, 15) is 0 Å². The predicted octanol–water partition coefficient (Wildman–Crippen LogP) is 2.94. The second-order valence-electron chi connectivity index (χ2n) is 7.23. The third kappa shape index (κ3) is 4.60. The normalized spacial score (nSPS) is 17.3. The van der Waals surface area contributed by atoms with Gasteiger partial charge in [-0.05, 0) is 45.0 Å². The molecule has 1 aliphatic heterocycles. The molecule has 7 nitrogen and oxygen atoms in total. The number of benzene rings is 1. The number of ether oxygens (including phenoxy) is 2. The zero-order valence-electron chi connectivity index (χ0n) is 16.6. The topological polar surface area (TPSA) is 76.7 Å². The van der Waals surface area contributed by atoms with Crippen LogP contribution >= 0.6 is 0 Å². The monoisotopic (exact) mass is 371 g/mol. The molecule has 0 saturated carbocycles. The van der Waals surface area contributed by atoms with Crippen LogP contribution in [0.15, 0.2) is 30.5 Å². The molecule has 1 fully saturated rings. The molecule has 1 aromatic carbocycles. The Balaban J connectivity index is 1.72. The van der Waals surface area contributed by atoms with E-state index in [4.69, 9.17) is 15.2 Å². The van der Waals surface area contributed by atoms with E-state index in [2.05, 4.69) is 28.7 Å². The van der Waals surface area contributed by atoms with E-state index >= 15 is 0 Å². The number of likely N-dealkylation sites (tertiary alicyclic amines) is 1. The molecule has 2 aromatic rings. The maximum atomic E-state index is 6.15. The van der Waals surface area contributed by atoms with Gasteiger partial charge in [0.1, 0.15) is 5.82 Å². The van der Waals surface area contributed by atoms with Crippen LogP contribution in [0.3, 0.4) is 0 Å². The number of rotatable bonds is 7. The molecule has 27 heavy (non-hydrogen) atoms. The molecule has 0 aliphatic carbocycles. The van der Waals surface area contributed by atoms with Gasteiger partial charge in [0.2, 0.25) is 5.95 Å². The molecule has 7 heteroatoms. The number of hydrogen-bond donors (Lipinski definition) is 1. The highest BCUT2D eigenvalue weighted by Gasteiger charge is 2.25. The van der Waals surface area contributed by atoms with Crippen LogP contribution in [0.4, 0.5) is 17.5 Å². The average Bonchev–Trinajstić information content (AvgIpc) is 3.15. The second-order valence-corrected chi connectivity index (χ2v) is 7.23.